The number of carbonyl (C=O) groups excluding carboxylic acids is 1. The second kappa shape index (κ2) is 8.21. The van der Waals surface area contributed by atoms with Gasteiger partial charge in [-0.05, 0) is 37.1 Å². The molecule has 0 atom stereocenters. The number of anilines is 1. The molecule has 1 aliphatic rings. The lowest BCUT2D eigenvalue weighted by Gasteiger charge is -2.26. The van der Waals surface area contributed by atoms with Gasteiger partial charge < -0.3 is 5.32 Å². The van der Waals surface area contributed by atoms with Crippen LogP contribution in [-0.2, 0) is 10.0 Å². The third-order valence-corrected chi connectivity index (χ3v) is 6.45. The molecular weight excluding hydrogens is 408 g/mol. The highest BCUT2D eigenvalue weighted by Crippen LogP contribution is 2.25. The van der Waals surface area contributed by atoms with Crippen molar-refractivity contribution in [2.24, 2.45) is 0 Å². The fraction of sp³-hybridized carbons (Fsp3) is 0.278. The van der Waals surface area contributed by atoms with Crippen molar-refractivity contribution in [3.05, 3.63) is 63.7 Å². The van der Waals surface area contributed by atoms with Crippen LogP contribution in [0.1, 0.15) is 29.6 Å². The molecule has 0 aliphatic carbocycles. The first-order valence-corrected chi connectivity index (χ1v) is 10.2. The van der Waals surface area contributed by atoms with Crippen LogP contribution in [0, 0.1) is 21.7 Å². The Morgan fingerprint density at radius 2 is 1.69 bits per heavy atom. The van der Waals surface area contributed by atoms with E-state index < -0.39 is 48.8 Å². The van der Waals surface area contributed by atoms with E-state index in [0.717, 1.165) is 47.1 Å². The molecule has 3 rings (SSSR count). The fourth-order valence-corrected chi connectivity index (χ4v) is 4.61. The zero-order valence-electron chi connectivity index (χ0n) is 15.1. The summed E-state index contributed by atoms with van der Waals surface area (Å²) in [6.07, 6.45) is 2.20. The number of benzene rings is 2. The van der Waals surface area contributed by atoms with Crippen molar-refractivity contribution in [1.82, 2.24) is 4.31 Å². The minimum absolute atomic E-state index is 0.229. The molecule has 154 valence electrons. The summed E-state index contributed by atoms with van der Waals surface area (Å²) < 4.78 is 54.8. The van der Waals surface area contributed by atoms with Crippen LogP contribution in [0.25, 0.3) is 0 Å². The average molecular weight is 425 g/mol. The normalized spacial score (nSPS) is 15.1. The Balaban J connectivity index is 1.90. The van der Waals surface area contributed by atoms with Gasteiger partial charge in [-0.3, -0.25) is 14.9 Å². The first kappa shape index (κ1) is 20.8. The number of nitro groups is 1. The number of non-ortho nitro benzene ring substituents is 1. The molecule has 0 spiro atoms. The van der Waals surface area contributed by atoms with Gasteiger partial charge in [-0.25, -0.2) is 17.2 Å². The Morgan fingerprint density at radius 3 is 2.34 bits per heavy atom. The SMILES string of the molecule is O=C(Nc1cc([N+](=O)[O-])ccc1F)c1ccc(F)c(S(=O)(=O)N2CCCCC2)c1. The molecule has 29 heavy (non-hydrogen) atoms. The third-order valence-electron chi connectivity index (χ3n) is 4.54. The Morgan fingerprint density at radius 1 is 1.03 bits per heavy atom. The second-order valence-electron chi connectivity index (χ2n) is 6.49. The topological polar surface area (TPSA) is 110 Å². The van der Waals surface area contributed by atoms with E-state index in [1.807, 2.05) is 0 Å². The van der Waals surface area contributed by atoms with E-state index in [0.29, 0.717) is 12.8 Å². The third kappa shape index (κ3) is 4.40. The first-order chi connectivity index (χ1) is 13.7. The molecule has 0 unspecified atom stereocenters. The van der Waals surface area contributed by atoms with Crippen LogP contribution in [0.2, 0.25) is 0 Å². The van der Waals surface area contributed by atoms with Crippen molar-refractivity contribution in [2.45, 2.75) is 24.2 Å². The zero-order chi connectivity index (χ0) is 21.2. The highest BCUT2D eigenvalue weighted by molar-refractivity contribution is 7.89. The van der Waals surface area contributed by atoms with Crippen LogP contribution in [0.15, 0.2) is 41.3 Å². The predicted molar refractivity (Wildman–Crippen MR) is 100 cm³/mol. The number of hydrogen-bond acceptors (Lipinski definition) is 5. The summed E-state index contributed by atoms with van der Waals surface area (Å²) >= 11 is 0. The van der Waals surface area contributed by atoms with Crippen LogP contribution in [-0.4, -0.2) is 36.6 Å². The van der Waals surface area contributed by atoms with Crippen LogP contribution in [0.5, 0.6) is 0 Å². The minimum Gasteiger partial charge on any atom is -0.319 e. The van der Waals surface area contributed by atoms with E-state index in [2.05, 4.69) is 5.32 Å². The van der Waals surface area contributed by atoms with Crippen molar-refractivity contribution in [2.75, 3.05) is 18.4 Å². The monoisotopic (exact) mass is 425 g/mol. The van der Waals surface area contributed by atoms with Crippen molar-refractivity contribution < 1.29 is 26.9 Å². The Kier molecular flexibility index (Phi) is 5.89. The molecule has 2 aromatic rings. The Hall–Kier alpha value is -2.92. The lowest BCUT2D eigenvalue weighted by Crippen LogP contribution is -2.36. The molecule has 1 saturated heterocycles. The number of nitrogens with zero attached hydrogens (tertiary/aromatic N) is 2. The number of sulfonamides is 1. The molecule has 0 saturated carbocycles. The average Bonchev–Trinajstić information content (AvgIpc) is 2.70. The highest BCUT2D eigenvalue weighted by Gasteiger charge is 2.29. The van der Waals surface area contributed by atoms with Gasteiger partial charge in [-0.15, -0.1) is 0 Å². The molecule has 1 fully saturated rings. The molecule has 1 heterocycles. The number of nitrogens with one attached hydrogen (secondary N) is 1. The molecule has 0 aromatic heterocycles. The minimum atomic E-state index is -4.13. The van der Waals surface area contributed by atoms with E-state index in [1.165, 1.54) is 0 Å². The maximum Gasteiger partial charge on any atom is 0.271 e. The van der Waals surface area contributed by atoms with Crippen LogP contribution < -0.4 is 5.32 Å². The van der Waals surface area contributed by atoms with Gasteiger partial charge in [0, 0.05) is 30.8 Å². The number of nitro benzene ring substituents is 1. The van der Waals surface area contributed by atoms with Crippen molar-refractivity contribution in [1.29, 1.82) is 0 Å². The van der Waals surface area contributed by atoms with Crippen LogP contribution >= 0.6 is 0 Å². The molecule has 1 amide bonds. The number of amides is 1. The van der Waals surface area contributed by atoms with Gasteiger partial charge in [0.1, 0.15) is 16.5 Å². The van der Waals surface area contributed by atoms with E-state index >= 15 is 0 Å². The van der Waals surface area contributed by atoms with Crippen LogP contribution in [0.3, 0.4) is 0 Å². The Labute approximate surface area is 165 Å². The molecule has 8 nitrogen and oxygen atoms in total. The largest absolute Gasteiger partial charge is 0.319 e. The summed E-state index contributed by atoms with van der Waals surface area (Å²) in [6, 6.07) is 5.37. The molecule has 1 aliphatic heterocycles. The zero-order valence-corrected chi connectivity index (χ0v) is 15.9. The van der Waals surface area contributed by atoms with Crippen LogP contribution in [0.4, 0.5) is 20.2 Å². The van der Waals surface area contributed by atoms with Crippen molar-refractivity contribution >= 4 is 27.3 Å². The number of rotatable bonds is 5. The maximum atomic E-state index is 14.2. The number of carbonyl (C=O) groups is 1. The summed E-state index contributed by atoms with van der Waals surface area (Å²) in [7, 11) is -4.13. The lowest BCUT2D eigenvalue weighted by atomic mass is 10.2. The summed E-state index contributed by atoms with van der Waals surface area (Å²) in [5.41, 5.74) is -1.11. The predicted octanol–water partition coefficient (Wildman–Crippen LogP) is 3.30. The number of hydrogen-bond donors (Lipinski definition) is 1. The number of halogens is 2. The van der Waals surface area contributed by atoms with Gasteiger partial charge in [-0.2, -0.15) is 4.31 Å². The van der Waals surface area contributed by atoms with Gasteiger partial charge in [-0.1, -0.05) is 6.42 Å². The molecule has 2 aromatic carbocycles. The van der Waals surface area contributed by atoms with Gasteiger partial charge in [0.15, 0.2) is 0 Å². The van der Waals surface area contributed by atoms with E-state index in [-0.39, 0.29) is 18.7 Å². The second-order valence-corrected chi connectivity index (χ2v) is 8.39. The molecule has 1 N–H and O–H groups in total. The van der Waals surface area contributed by atoms with E-state index in [9.17, 15) is 32.1 Å². The highest BCUT2D eigenvalue weighted by atomic mass is 32.2. The van der Waals surface area contributed by atoms with Gasteiger partial charge in [0.25, 0.3) is 11.6 Å². The first-order valence-electron chi connectivity index (χ1n) is 8.75. The summed E-state index contributed by atoms with van der Waals surface area (Å²) in [5, 5.41) is 13.0. The number of piperidine rings is 1. The quantitative estimate of drug-likeness (QED) is 0.584. The van der Waals surface area contributed by atoms with Gasteiger partial charge in [0.2, 0.25) is 10.0 Å². The summed E-state index contributed by atoms with van der Waals surface area (Å²) in [6.45, 7) is 0.522. The van der Waals surface area contributed by atoms with Gasteiger partial charge >= 0.3 is 0 Å². The Bertz CT molecular complexity index is 1070. The lowest BCUT2D eigenvalue weighted by molar-refractivity contribution is -0.384. The van der Waals surface area contributed by atoms with E-state index in [4.69, 9.17) is 0 Å². The van der Waals surface area contributed by atoms with Gasteiger partial charge in [0.05, 0.1) is 10.6 Å². The van der Waals surface area contributed by atoms with Crippen molar-refractivity contribution in [3.8, 4) is 0 Å². The van der Waals surface area contributed by atoms with E-state index in [1.54, 1.807) is 0 Å². The molecule has 0 bridgehead atoms. The smallest absolute Gasteiger partial charge is 0.271 e. The fourth-order valence-electron chi connectivity index (χ4n) is 3.00. The summed E-state index contributed by atoms with van der Waals surface area (Å²) in [4.78, 5) is 21.9. The molecule has 11 heteroatoms. The van der Waals surface area contributed by atoms with Crippen molar-refractivity contribution in [3.63, 3.8) is 0 Å². The maximum absolute atomic E-state index is 14.2. The molecular formula is C18H17F2N3O5S. The molecule has 0 radical (unpaired) electrons. The summed E-state index contributed by atoms with van der Waals surface area (Å²) in [5.74, 6) is -2.85. The standard InChI is InChI=1S/C18H17F2N3O5S/c19-14-7-5-13(23(25)26)11-16(14)21-18(24)12-4-6-15(20)17(10-12)29(27,28)22-8-2-1-3-9-22/h4-7,10-11H,1-3,8-9H2,(H,21,24).